The Labute approximate surface area is 109 Å². The Hall–Kier alpha value is -1.06. The first-order valence-electron chi connectivity index (χ1n) is 6.79. The standard InChI is InChI=1S/C15H23NO2/c1-4-15(17)13-7-5-6-8-14(13)16-9-11(2)18-12(3)10-16/h5-8,11-12,15,17H,4,9-10H2,1-3H3/t11-,12+,15?. The average molecular weight is 249 g/mol. The zero-order valence-corrected chi connectivity index (χ0v) is 11.5. The number of benzene rings is 1. The molecular weight excluding hydrogens is 226 g/mol. The molecule has 1 aromatic rings. The highest BCUT2D eigenvalue weighted by molar-refractivity contribution is 5.55. The quantitative estimate of drug-likeness (QED) is 0.894. The van der Waals surface area contributed by atoms with Crippen LogP contribution in [0.2, 0.25) is 0 Å². The minimum absolute atomic E-state index is 0.237. The van der Waals surface area contributed by atoms with Gasteiger partial charge in [-0.1, -0.05) is 25.1 Å². The fourth-order valence-electron chi connectivity index (χ4n) is 2.65. The van der Waals surface area contributed by atoms with Crippen molar-refractivity contribution in [3.8, 4) is 0 Å². The molecule has 3 heteroatoms. The SMILES string of the molecule is CCC(O)c1ccccc1N1C[C@@H](C)O[C@@H](C)C1. The van der Waals surface area contributed by atoms with Crippen LogP contribution in [-0.2, 0) is 4.74 Å². The summed E-state index contributed by atoms with van der Waals surface area (Å²) < 4.78 is 5.76. The Morgan fingerprint density at radius 3 is 2.50 bits per heavy atom. The molecule has 18 heavy (non-hydrogen) atoms. The fraction of sp³-hybridized carbons (Fsp3) is 0.600. The van der Waals surface area contributed by atoms with Crippen LogP contribution in [0, 0.1) is 0 Å². The van der Waals surface area contributed by atoms with Gasteiger partial charge < -0.3 is 14.7 Å². The summed E-state index contributed by atoms with van der Waals surface area (Å²) in [5.74, 6) is 0. The highest BCUT2D eigenvalue weighted by Gasteiger charge is 2.24. The number of aliphatic hydroxyl groups excluding tert-OH is 1. The van der Waals surface area contributed by atoms with Gasteiger partial charge in [-0.2, -0.15) is 0 Å². The number of para-hydroxylation sites is 1. The van der Waals surface area contributed by atoms with Crippen LogP contribution in [-0.4, -0.2) is 30.4 Å². The number of aliphatic hydroxyl groups is 1. The highest BCUT2D eigenvalue weighted by Crippen LogP contribution is 2.30. The Morgan fingerprint density at radius 1 is 1.28 bits per heavy atom. The molecule has 0 spiro atoms. The van der Waals surface area contributed by atoms with E-state index in [9.17, 15) is 5.11 Å². The Balaban J connectivity index is 2.26. The molecule has 1 N–H and O–H groups in total. The van der Waals surface area contributed by atoms with Gasteiger partial charge in [-0.15, -0.1) is 0 Å². The maximum atomic E-state index is 10.1. The molecule has 0 amide bonds. The molecule has 3 atom stereocenters. The number of nitrogens with zero attached hydrogens (tertiary/aromatic N) is 1. The predicted molar refractivity (Wildman–Crippen MR) is 73.9 cm³/mol. The molecule has 0 aromatic heterocycles. The minimum atomic E-state index is -0.380. The Kier molecular flexibility index (Phi) is 4.25. The Morgan fingerprint density at radius 2 is 1.89 bits per heavy atom. The van der Waals surface area contributed by atoms with Crippen molar-refractivity contribution in [2.75, 3.05) is 18.0 Å². The van der Waals surface area contributed by atoms with Gasteiger partial charge in [0.2, 0.25) is 0 Å². The van der Waals surface area contributed by atoms with E-state index in [1.165, 1.54) is 0 Å². The summed E-state index contributed by atoms with van der Waals surface area (Å²) in [6.45, 7) is 7.98. The number of ether oxygens (including phenoxy) is 1. The monoisotopic (exact) mass is 249 g/mol. The average Bonchev–Trinajstić information content (AvgIpc) is 2.36. The lowest BCUT2D eigenvalue weighted by molar-refractivity contribution is -0.00540. The van der Waals surface area contributed by atoms with Gasteiger partial charge in [-0.25, -0.2) is 0 Å². The zero-order chi connectivity index (χ0) is 13.1. The summed E-state index contributed by atoms with van der Waals surface area (Å²) in [4.78, 5) is 2.33. The van der Waals surface area contributed by atoms with Crippen molar-refractivity contribution < 1.29 is 9.84 Å². The number of morpholine rings is 1. The molecule has 1 aromatic carbocycles. The van der Waals surface area contributed by atoms with E-state index in [-0.39, 0.29) is 18.3 Å². The van der Waals surface area contributed by atoms with Crippen molar-refractivity contribution in [1.82, 2.24) is 0 Å². The lowest BCUT2D eigenvalue weighted by Crippen LogP contribution is -2.45. The molecule has 1 saturated heterocycles. The molecule has 3 nitrogen and oxygen atoms in total. The Bertz CT molecular complexity index is 384. The van der Waals surface area contributed by atoms with E-state index >= 15 is 0 Å². The lowest BCUT2D eigenvalue weighted by atomic mass is 10.0. The maximum absolute atomic E-state index is 10.1. The van der Waals surface area contributed by atoms with Gasteiger partial charge in [0, 0.05) is 24.3 Å². The van der Waals surface area contributed by atoms with Crippen LogP contribution in [0.25, 0.3) is 0 Å². The van der Waals surface area contributed by atoms with E-state index < -0.39 is 0 Å². The number of hydrogen-bond donors (Lipinski definition) is 1. The number of rotatable bonds is 3. The molecular formula is C15H23NO2. The summed E-state index contributed by atoms with van der Waals surface area (Å²) >= 11 is 0. The van der Waals surface area contributed by atoms with Gasteiger partial charge >= 0.3 is 0 Å². The first-order valence-corrected chi connectivity index (χ1v) is 6.79. The second kappa shape index (κ2) is 5.72. The third kappa shape index (κ3) is 2.85. The van der Waals surface area contributed by atoms with Crippen LogP contribution in [0.15, 0.2) is 24.3 Å². The van der Waals surface area contributed by atoms with E-state index in [4.69, 9.17) is 4.74 Å². The molecule has 1 unspecified atom stereocenters. The summed E-state index contributed by atoms with van der Waals surface area (Å²) in [7, 11) is 0. The first-order chi connectivity index (χ1) is 8.61. The highest BCUT2D eigenvalue weighted by atomic mass is 16.5. The predicted octanol–water partition coefficient (Wildman–Crippen LogP) is 2.74. The van der Waals surface area contributed by atoms with E-state index in [0.29, 0.717) is 0 Å². The molecule has 0 radical (unpaired) electrons. The van der Waals surface area contributed by atoms with Crippen LogP contribution in [0.1, 0.15) is 38.9 Å². The van der Waals surface area contributed by atoms with Crippen molar-refractivity contribution in [3.05, 3.63) is 29.8 Å². The minimum Gasteiger partial charge on any atom is -0.388 e. The van der Waals surface area contributed by atoms with Crippen molar-refractivity contribution in [3.63, 3.8) is 0 Å². The normalized spacial score (nSPS) is 26.1. The molecule has 1 aliphatic rings. The molecule has 100 valence electrons. The van der Waals surface area contributed by atoms with Crippen LogP contribution < -0.4 is 4.90 Å². The van der Waals surface area contributed by atoms with Gasteiger partial charge in [0.05, 0.1) is 18.3 Å². The van der Waals surface area contributed by atoms with Gasteiger partial charge in [0.25, 0.3) is 0 Å². The van der Waals surface area contributed by atoms with Crippen molar-refractivity contribution in [2.24, 2.45) is 0 Å². The van der Waals surface area contributed by atoms with Crippen LogP contribution in [0.4, 0.5) is 5.69 Å². The zero-order valence-electron chi connectivity index (χ0n) is 11.5. The van der Waals surface area contributed by atoms with Crippen molar-refractivity contribution in [1.29, 1.82) is 0 Å². The van der Waals surface area contributed by atoms with E-state index in [2.05, 4.69) is 24.8 Å². The van der Waals surface area contributed by atoms with Crippen LogP contribution in [0.5, 0.6) is 0 Å². The number of anilines is 1. The lowest BCUT2D eigenvalue weighted by Gasteiger charge is -2.38. The van der Waals surface area contributed by atoms with Gasteiger partial charge in [0.1, 0.15) is 0 Å². The van der Waals surface area contributed by atoms with Gasteiger partial charge in [-0.3, -0.25) is 0 Å². The molecule has 1 aliphatic heterocycles. The molecule has 0 aliphatic carbocycles. The van der Waals surface area contributed by atoms with Crippen LogP contribution >= 0.6 is 0 Å². The van der Waals surface area contributed by atoms with Crippen LogP contribution in [0.3, 0.4) is 0 Å². The molecule has 1 heterocycles. The summed E-state index contributed by atoms with van der Waals surface area (Å²) in [5, 5.41) is 10.1. The third-order valence-corrected chi connectivity index (χ3v) is 3.44. The first kappa shape index (κ1) is 13.4. The topological polar surface area (TPSA) is 32.7 Å². The van der Waals surface area contributed by atoms with E-state index in [1.54, 1.807) is 0 Å². The van der Waals surface area contributed by atoms with Gasteiger partial charge in [0.15, 0.2) is 0 Å². The molecule has 2 rings (SSSR count). The van der Waals surface area contributed by atoms with Gasteiger partial charge in [-0.05, 0) is 26.3 Å². The largest absolute Gasteiger partial charge is 0.388 e. The fourth-order valence-corrected chi connectivity index (χ4v) is 2.65. The molecule has 0 bridgehead atoms. The number of hydrogen-bond acceptors (Lipinski definition) is 3. The molecule has 1 fully saturated rings. The summed E-state index contributed by atoms with van der Waals surface area (Å²) in [6.07, 6.45) is 0.836. The van der Waals surface area contributed by atoms with Crippen molar-refractivity contribution in [2.45, 2.75) is 45.5 Å². The summed E-state index contributed by atoms with van der Waals surface area (Å²) in [5.41, 5.74) is 2.18. The van der Waals surface area contributed by atoms with E-state index in [0.717, 1.165) is 30.8 Å². The van der Waals surface area contributed by atoms with E-state index in [1.807, 2.05) is 25.1 Å². The second-order valence-electron chi connectivity index (χ2n) is 5.15. The third-order valence-electron chi connectivity index (χ3n) is 3.44. The maximum Gasteiger partial charge on any atom is 0.0807 e. The summed E-state index contributed by atoms with van der Waals surface area (Å²) in [6, 6.07) is 8.14. The second-order valence-corrected chi connectivity index (χ2v) is 5.15. The van der Waals surface area contributed by atoms with Crippen molar-refractivity contribution >= 4 is 5.69 Å². The molecule has 0 saturated carbocycles. The smallest absolute Gasteiger partial charge is 0.0807 e.